The minimum Gasteiger partial charge on any atom is -0.493 e. The molecule has 1 aromatic carbocycles. The Bertz CT molecular complexity index is 491. The van der Waals surface area contributed by atoms with Crippen molar-refractivity contribution in [2.24, 2.45) is 5.92 Å². The first-order valence-electron chi connectivity index (χ1n) is 6.92. The average Bonchev–Trinajstić information content (AvgIpc) is 2.46. The number of rotatable bonds is 5. The Morgan fingerprint density at radius 1 is 1.05 bits per heavy atom. The number of methoxy groups -OCH3 is 2. The molecule has 4 nitrogen and oxygen atoms in total. The summed E-state index contributed by atoms with van der Waals surface area (Å²) in [6.45, 7) is 0. The van der Waals surface area contributed by atoms with Crippen LogP contribution in [0.1, 0.15) is 31.2 Å². The molecule has 0 saturated heterocycles. The first-order valence-corrected chi connectivity index (χ1v) is 6.92. The molecule has 1 aliphatic rings. The summed E-state index contributed by atoms with van der Waals surface area (Å²) in [6.07, 6.45) is 3.09. The Morgan fingerprint density at radius 2 is 1.70 bits per heavy atom. The SMILES string of the molecule is COc1ccc(CCC2C(=O)CCCC2=O)cc1OC. The van der Waals surface area contributed by atoms with Crippen molar-refractivity contribution in [3.8, 4) is 11.5 Å². The van der Waals surface area contributed by atoms with Gasteiger partial charge in [0, 0.05) is 12.8 Å². The van der Waals surface area contributed by atoms with E-state index in [0.717, 1.165) is 5.56 Å². The number of carbonyl (C=O) groups excluding carboxylic acids is 2. The first-order chi connectivity index (χ1) is 9.65. The monoisotopic (exact) mass is 276 g/mol. The fraction of sp³-hybridized carbons (Fsp3) is 0.500. The second-order valence-electron chi connectivity index (χ2n) is 5.07. The fourth-order valence-electron chi connectivity index (χ4n) is 2.63. The molecule has 108 valence electrons. The van der Waals surface area contributed by atoms with Gasteiger partial charge in [0.1, 0.15) is 11.6 Å². The molecule has 1 saturated carbocycles. The van der Waals surface area contributed by atoms with Gasteiger partial charge in [0.05, 0.1) is 20.1 Å². The van der Waals surface area contributed by atoms with Crippen LogP contribution in [0.25, 0.3) is 0 Å². The molecule has 0 aromatic heterocycles. The number of hydrogen-bond acceptors (Lipinski definition) is 4. The van der Waals surface area contributed by atoms with Gasteiger partial charge in [0.2, 0.25) is 0 Å². The average molecular weight is 276 g/mol. The maximum absolute atomic E-state index is 11.8. The summed E-state index contributed by atoms with van der Waals surface area (Å²) in [6, 6.07) is 5.69. The lowest BCUT2D eigenvalue weighted by Crippen LogP contribution is -2.28. The van der Waals surface area contributed by atoms with Crippen LogP contribution < -0.4 is 9.47 Å². The van der Waals surface area contributed by atoms with Gasteiger partial charge in [-0.05, 0) is 37.0 Å². The molecule has 0 radical (unpaired) electrons. The molecule has 0 heterocycles. The zero-order valence-electron chi connectivity index (χ0n) is 12.0. The van der Waals surface area contributed by atoms with E-state index >= 15 is 0 Å². The van der Waals surface area contributed by atoms with Crippen LogP contribution in [-0.4, -0.2) is 25.8 Å². The third-order valence-corrected chi connectivity index (χ3v) is 3.79. The van der Waals surface area contributed by atoms with E-state index in [1.54, 1.807) is 14.2 Å². The van der Waals surface area contributed by atoms with Gasteiger partial charge >= 0.3 is 0 Å². The molecular weight excluding hydrogens is 256 g/mol. The van der Waals surface area contributed by atoms with Crippen molar-refractivity contribution >= 4 is 11.6 Å². The van der Waals surface area contributed by atoms with E-state index < -0.39 is 5.92 Å². The highest BCUT2D eigenvalue weighted by Gasteiger charge is 2.29. The second-order valence-corrected chi connectivity index (χ2v) is 5.07. The Hall–Kier alpha value is -1.84. The van der Waals surface area contributed by atoms with E-state index in [2.05, 4.69) is 0 Å². The molecule has 0 N–H and O–H groups in total. The summed E-state index contributed by atoms with van der Waals surface area (Å²) in [5, 5.41) is 0. The number of benzene rings is 1. The van der Waals surface area contributed by atoms with Gasteiger partial charge in [-0.25, -0.2) is 0 Å². The highest BCUT2D eigenvalue weighted by molar-refractivity contribution is 6.04. The normalized spacial score (nSPS) is 16.3. The Balaban J connectivity index is 2.03. The molecule has 1 aliphatic carbocycles. The van der Waals surface area contributed by atoms with Gasteiger partial charge in [-0.2, -0.15) is 0 Å². The van der Waals surface area contributed by atoms with E-state index in [1.165, 1.54) is 0 Å². The van der Waals surface area contributed by atoms with Crippen molar-refractivity contribution in [1.29, 1.82) is 0 Å². The van der Waals surface area contributed by atoms with Crippen LogP contribution in [-0.2, 0) is 16.0 Å². The number of hydrogen-bond donors (Lipinski definition) is 0. The van der Waals surface area contributed by atoms with Gasteiger partial charge in [0.25, 0.3) is 0 Å². The highest BCUT2D eigenvalue weighted by atomic mass is 16.5. The van der Waals surface area contributed by atoms with E-state index in [-0.39, 0.29) is 11.6 Å². The topological polar surface area (TPSA) is 52.6 Å². The van der Waals surface area contributed by atoms with Crippen LogP contribution in [0, 0.1) is 5.92 Å². The lowest BCUT2D eigenvalue weighted by Gasteiger charge is -2.19. The van der Waals surface area contributed by atoms with Crippen LogP contribution in [0.4, 0.5) is 0 Å². The van der Waals surface area contributed by atoms with Crippen LogP contribution in [0.2, 0.25) is 0 Å². The maximum atomic E-state index is 11.8. The number of Topliss-reactive ketones (excluding diaryl/α,β-unsaturated/α-hetero) is 2. The Kier molecular flexibility index (Phi) is 4.77. The summed E-state index contributed by atoms with van der Waals surface area (Å²) in [5.41, 5.74) is 1.05. The van der Waals surface area contributed by atoms with Crippen molar-refractivity contribution in [3.05, 3.63) is 23.8 Å². The van der Waals surface area contributed by atoms with E-state index in [1.807, 2.05) is 18.2 Å². The molecule has 0 spiro atoms. The molecule has 4 heteroatoms. The van der Waals surface area contributed by atoms with Crippen molar-refractivity contribution in [1.82, 2.24) is 0 Å². The predicted octanol–water partition coefficient (Wildman–Crippen LogP) is 2.57. The van der Waals surface area contributed by atoms with Crippen LogP contribution in [0.5, 0.6) is 11.5 Å². The van der Waals surface area contributed by atoms with E-state index in [9.17, 15) is 9.59 Å². The lowest BCUT2D eigenvalue weighted by atomic mass is 9.83. The largest absolute Gasteiger partial charge is 0.493 e. The van der Waals surface area contributed by atoms with Crippen molar-refractivity contribution in [2.45, 2.75) is 32.1 Å². The predicted molar refractivity (Wildman–Crippen MR) is 75.2 cm³/mol. The number of ketones is 2. The molecule has 20 heavy (non-hydrogen) atoms. The van der Waals surface area contributed by atoms with Gasteiger partial charge < -0.3 is 9.47 Å². The zero-order chi connectivity index (χ0) is 14.5. The number of carbonyl (C=O) groups is 2. The Labute approximate surface area is 119 Å². The first kappa shape index (κ1) is 14.6. The van der Waals surface area contributed by atoms with E-state index in [4.69, 9.17) is 9.47 Å². The van der Waals surface area contributed by atoms with Crippen LogP contribution in [0.15, 0.2) is 18.2 Å². The smallest absolute Gasteiger partial charge is 0.160 e. The van der Waals surface area contributed by atoms with Crippen molar-refractivity contribution in [3.63, 3.8) is 0 Å². The number of aryl methyl sites for hydroxylation is 1. The van der Waals surface area contributed by atoms with Gasteiger partial charge in [-0.3, -0.25) is 9.59 Å². The zero-order valence-corrected chi connectivity index (χ0v) is 12.0. The lowest BCUT2D eigenvalue weighted by molar-refractivity contribution is -0.135. The van der Waals surface area contributed by atoms with Gasteiger partial charge in [-0.15, -0.1) is 0 Å². The molecule has 0 bridgehead atoms. The molecule has 1 fully saturated rings. The minimum atomic E-state index is -0.406. The fourth-order valence-corrected chi connectivity index (χ4v) is 2.63. The molecule has 0 amide bonds. The summed E-state index contributed by atoms with van der Waals surface area (Å²) >= 11 is 0. The Morgan fingerprint density at radius 3 is 2.30 bits per heavy atom. The minimum absolute atomic E-state index is 0.0988. The molecule has 0 aliphatic heterocycles. The quantitative estimate of drug-likeness (QED) is 0.776. The van der Waals surface area contributed by atoms with Gasteiger partial charge in [-0.1, -0.05) is 6.07 Å². The molecule has 0 unspecified atom stereocenters. The van der Waals surface area contributed by atoms with Crippen LogP contribution >= 0.6 is 0 Å². The van der Waals surface area contributed by atoms with Crippen LogP contribution in [0.3, 0.4) is 0 Å². The highest BCUT2D eigenvalue weighted by Crippen LogP contribution is 2.29. The summed E-state index contributed by atoms with van der Waals surface area (Å²) in [4.78, 5) is 23.6. The third kappa shape index (κ3) is 3.18. The summed E-state index contributed by atoms with van der Waals surface area (Å²) in [5.74, 6) is 1.15. The second kappa shape index (κ2) is 6.55. The maximum Gasteiger partial charge on any atom is 0.160 e. The molecular formula is C16H20O4. The van der Waals surface area contributed by atoms with Crippen molar-refractivity contribution in [2.75, 3.05) is 14.2 Å². The summed E-state index contributed by atoms with van der Waals surface area (Å²) < 4.78 is 10.4. The number of ether oxygens (including phenoxy) is 2. The summed E-state index contributed by atoms with van der Waals surface area (Å²) in [7, 11) is 3.19. The third-order valence-electron chi connectivity index (χ3n) is 3.79. The van der Waals surface area contributed by atoms with Crippen molar-refractivity contribution < 1.29 is 19.1 Å². The van der Waals surface area contributed by atoms with Gasteiger partial charge in [0.15, 0.2) is 11.5 Å². The standard InChI is InChI=1S/C16H20O4/c1-19-15-9-7-11(10-16(15)20-2)6-8-12-13(17)4-3-5-14(12)18/h7,9-10,12H,3-6,8H2,1-2H3. The van der Waals surface area contributed by atoms with E-state index in [0.29, 0.717) is 43.6 Å². The molecule has 0 atom stereocenters. The molecule has 1 aromatic rings. The molecule has 2 rings (SSSR count).